The number of aromatic nitrogens is 1. The summed E-state index contributed by atoms with van der Waals surface area (Å²) in [6.07, 6.45) is 1.61. The van der Waals surface area contributed by atoms with E-state index in [4.69, 9.17) is 23.7 Å². The van der Waals surface area contributed by atoms with Gasteiger partial charge in [-0.25, -0.2) is 14.6 Å². The third kappa shape index (κ3) is 6.80. The van der Waals surface area contributed by atoms with E-state index in [9.17, 15) is 14.4 Å². The number of hydrogen-bond acceptors (Lipinski definition) is 11. The first-order valence-corrected chi connectivity index (χ1v) is 14.9. The van der Waals surface area contributed by atoms with Crippen LogP contribution in [0, 0.1) is 0 Å². The van der Waals surface area contributed by atoms with E-state index in [1.165, 1.54) is 23.0 Å². The molecule has 1 aromatic heterocycles. The molecule has 0 N–H and O–H groups in total. The second-order valence-electron chi connectivity index (χ2n) is 9.85. The van der Waals surface area contributed by atoms with E-state index >= 15 is 0 Å². The molecular formula is C32H36N2O9S. The topological polar surface area (TPSA) is 124 Å². The Morgan fingerprint density at radius 2 is 1.82 bits per heavy atom. The number of thiazole rings is 1. The fourth-order valence-corrected chi connectivity index (χ4v) is 5.73. The lowest BCUT2D eigenvalue weighted by molar-refractivity contribution is -0.143. The third-order valence-electron chi connectivity index (χ3n) is 6.54. The number of hydrogen-bond donors (Lipinski definition) is 0. The van der Waals surface area contributed by atoms with Crippen LogP contribution < -0.4 is 33.8 Å². The maximum Gasteiger partial charge on any atom is 0.343 e. The number of rotatable bonds is 12. The smallest absolute Gasteiger partial charge is 0.343 e. The van der Waals surface area contributed by atoms with Crippen molar-refractivity contribution >= 4 is 29.4 Å². The van der Waals surface area contributed by atoms with Crippen LogP contribution in [0.5, 0.6) is 23.0 Å². The maximum absolute atomic E-state index is 14.1. The number of esters is 2. The molecule has 0 spiro atoms. The van der Waals surface area contributed by atoms with Crippen LogP contribution in [0.4, 0.5) is 0 Å². The summed E-state index contributed by atoms with van der Waals surface area (Å²) < 4.78 is 35.0. The van der Waals surface area contributed by atoms with Gasteiger partial charge in [-0.05, 0) is 64.5 Å². The predicted octanol–water partition coefficient (Wildman–Crippen LogP) is 3.54. The molecular weight excluding hydrogens is 588 g/mol. The summed E-state index contributed by atoms with van der Waals surface area (Å²) in [6, 6.07) is 9.60. The van der Waals surface area contributed by atoms with Crippen molar-refractivity contribution < 1.29 is 38.0 Å². The van der Waals surface area contributed by atoms with Gasteiger partial charge in [0.1, 0.15) is 0 Å². The summed E-state index contributed by atoms with van der Waals surface area (Å²) in [4.78, 5) is 44.2. The van der Waals surface area contributed by atoms with Crippen LogP contribution in [0.2, 0.25) is 0 Å². The van der Waals surface area contributed by atoms with Crippen LogP contribution in [0.3, 0.4) is 0 Å². The van der Waals surface area contributed by atoms with Gasteiger partial charge < -0.3 is 28.4 Å². The molecule has 0 unspecified atom stereocenters. The van der Waals surface area contributed by atoms with Crippen LogP contribution in [-0.2, 0) is 19.1 Å². The van der Waals surface area contributed by atoms with Crippen LogP contribution >= 0.6 is 11.3 Å². The Morgan fingerprint density at radius 3 is 2.48 bits per heavy atom. The number of methoxy groups -OCH3 is 2. The second-order valence-corrected chi connectivity index (χ2v) is 10.9. The molecule has 1 aliphatic rings. The van der Waals surface area contributed by atoms with Crippen molar-refractivity contribution in [1.29, 1.82) is 0 Å². The molecule has 44 heavy (non-hydrogen) atoms. The quantitative estimate of drug-likeness (QED) is 0.278. The minimum absolute atomic E-state index is 0.131. The van der Waals surface area contributed by atoms with E-state index in [1.54, 1.807) is 51.3 Å². The minimum Gasteiger partial charge on any atom is -0.493 e. The molecule has 1 aliphatic heterocycles. The van der Waals surface area contributed by atoms with Gasteiger partial charge in [0, 0.05) is 5.56 Å². The fourth-order valence-electron chi connectivity index (χ4n) is 4.70. The lowest BCUT2D eigenvalue weighted by Gasteiger charge is -2.25. The molecule has 2 aromatic carbocycles. The van der Waals surface area contributed by atoms with Gasteiger partial charge in [-0.15, -0.1) is 0 Å². The third-order valence-corrected chi connectivity index (χ3v) is 7.53. The number of ether oxygens (including phenoxy) is 6. The van der Waals surface area contributed by atoms with Crippen LogP contribution in [0.15, 0.2) is 57.5 Å². The van der Waals surface area contributed by atoms with E-state index in [2.05, 4.69) is 9.73 Å². The minimum atomic E-state index is -0.877. The maximum atomic E-state index is 14.1. The normalized spacial score (nSPS) is 14.5. The molecule has 12 heteroatoms. The Kier molecular flexibility index (Phi) is 10.5. The zero-order chi connectivity index (χ0) is 32.0. The number of para-hydroxylation sites is 1. The molecule has 0 bridgehead atoms. The van der Waals surface area contributed by atoms with Crippen LogP contribution in [0.25, 0.3) is 6.08 Å². The van der Waals surface area contributed by atoms with E-state index in [-0.39, 0.29) is 30.5 Å². The first-order chi connectivity index (χ1) is 21.1. The second kappa shape index (κ2) is 14.3. The standard InChI is InChI=1S/C32H36N2O9S/c1-8-40-24-15-20(13-14-22(24)42-17-26(35)39-7)28-27(31(37)41-9-2)19(5)33-32-34(28)30(36)25(44-32)16-21-11-10-12-23(38-6)29(21)43-18(3)4/h10-16,18,28H,8-9,17H2,1-7H3/b25-16+/t28-/m0/s1. The summed E-state index contributed by atoms with van der Waals surface area (Å²) in [6.45, 7) is 9.19. The Balaban J connectivity index is 1.93. The highest BCUT2D eigenvalue weighted by Gasteiger charge is 2.34. The van der Waals surface area contributed by atoms with Crippen molar-refractivity contribution in [3.05, 3.63) is 78.5 Å². The molecule has 0 fully saturated rings. The number of carbonyl (C=O) groups is 2. The monoisotopic (exact) mass is 624 g/mol. The Hall–Kier alpha value is -4.58. The van der Waals surface area contributed by atoms with Crippen molar-refractivity contribution in [2.24, 2.45) is 4.99 Å². The van der Waals surface area contributed by atoms with Gasteiger partial charge >= 0.3 is 11.9 Å². The van der Waals surface area contributed by atoms with Crippen molar-refractivity contribution in [2.75, 3.05) is 34.0 Å². The molecule has 11 nitrogen and oxygen atoms in total. The molecule has 2 heterocycles. The highest BCUT2D eigenvalue weighted by Crippen LogP contribution is 2.37. The number of fused-ring (bicyclic) bond motifs is 1. The van der Waals surface area contributed by atoms with Crippen LogP contribution in [0.1, 0.15) is 51.8 Å². The first-order valence-electron chi connectivity index (χ1n) is 14.1. The predicted molar refractivity (Wildman–Crippen MR) is 164 cm³/mol. The average molecular weight is 625 g/mol. The van der Waals surface area contributed by atoms with Gasteiger partial charge in [-0.1, -0.05) is 29.5 Å². The Morgan fingerprint density at radius 1 is 1.05 bits per heavy atom. The van der Waals surface area contributed by atoms with Gasteiger partial charge in [0.15, 0.2) is 34.4 Å². The van der Waals surface area contributed by atoms with Gasteiger partial charge in [0.25, 0.3) is 5.56 Å². The van der Waals surface area contributed by atoms with Crippen molar-refractivity contribution in [2.45, 2.75) is 46.8 Å². The zero-order valence-electron chi connectivity index (χ0n) is 25.8. The number of allylic oxidation sites excluding steroid dienone is 1. The average Bonchev–Trinajstić information content (AvgIpc) is 3.30. The summed E-state index contributed by atoms with van der Waals surface area (Å²) in [5.41, 5.74) is 1.52. The summed E-state index contributed by atoms with van der Waals surface area (Å²) in [7, 11) is 2.83. The van der Waals surface area contributed by atoms with Gasteiger partial charge in [0.2, 0.25) is 0 Å². The summed E-state index contributed by atoms with van der Waals surface area (Å²) >= 11 is 1.20. The molecule has 0 aliphatic carbocycles. The number of carbonyl (C=O) groups excluding carboxylic acids is 2. The van der Waals surface area contributed by atoms with Gasteiger partial charge in [0.05, 0.1) is 55.4 Å². The molecule has 4 rings (SSSR count). The highest BCUT2D eigenvalue weighted by molar-refractivity contribution is 7.07. The van der Waals surface area contributed by atoms with Crippen molar-refractivity contribution in [3.63, 3.8) is 0 Å². The summed E-state index contributed by atoms with van der Waals surface area (Å²) in [5.74, 6) is 0.557. The number of nitrogens with zero attached hydrogens (tertiary/aromatic N) is 2. The molecule has 0 saturated carbocycles. The Bertz CT molecular complexity index is 1750. The van der Waals surface area contributed by atoms with E-state index in [0.29, 0.717) is 55.8 Å². The van der Waals surface area contributed by atoms with E-state index in [0.717, 1.165) is 0 Å². The lowest BCUT2D eigenvalue weighted by Crippen LogP contribution is -2.40. The molecule has 0 radical (unpaired) electrons. The first kappa shape index (κ1) is 32.3. The molecule has 0 amide bonds. The van der Waals surface area contributed by atoms with E-state index < -0.39 is 18.0 Å². The van der Waals surface area contributed by atoms with Gasteiger partial charge in [-0.3, -0.25) is 9.36 Å². The van der Waals surface area contributed by atoms with Crippen molar-refractivity contribution in [1.82, 2.24) is 4.57 Å². The SMILES string of the molecule is CCOC(=O)C1=C(C)N=c2s/c(=C/c3cccc(OC)c3OC(C)C)c(=O)n2[C@H]1c1ccc(OCC(=O)OC)c(OCC)c1. The summed E-state index contributed by atoms with van der Waals surface area (Å²) in [5, 5.41) is 0. The van der Waals surface area contributed by atoms with E-state index in [1.807, 2.05) is 32.9 Å². The van der Waals surface area contributed by atoms with Crippen molar-refractivity contribution in [3.8, 4) is 23.0 Å². The zero-order valence-corrected chi connectivity index (χ0v) is 26.6. The highest BCUT2D eigenvalue weighted by atomic mass is 32.1. The molecule has 1 atom stereocenters. The molecule has 3 aromatic rings. The fraction of sp³-hybridized carbons (Fsp3) is 0.375. The largest absolute Gasteiger partial charge is 0.493 e. The van der Waals surface area contributed by atoms with Gasteiger partial charge in [-0.2, -0.15) is 0 Å². The lowest BCUT2D eigenvalue weighted by atomic mass is 9.95. The van der Waals surface area contributed by atoms with Crippen LogP contribution in [-0.4, -0.2) is 56.6 Å². The molecule has 0 saturated heterocycles. The Labute approximate surface area is 258 Å². The number of benzene rings is 2. The molecule has 234 valence electrons.